The van der Waals surface area contributed by atoms with Gasteiger partial charge in [-0.25, -0.2) is 4.98 Å². The van der Waals surface area contributed by atoms with E-state index in [0.717, 1.165) is 6.42 Å². The van der Waals surface area contributed by atoms with Crippen LogP contribution in [-0.4, -0.2) is 34.9 Å². The molecule has 24 heavy (non-hydrogen) atoms. The van der Waals surface area contributed by atoms with Crippen molar-refractivity contribution in [3.05, 3.63) is 29.7 Å². The third-order valence-electron chi connectivity index (χ3n) is 4.09. The van der Waals surface area contributed by atoms with Crippen LogP contribution in [0.4, 0.5) is 0 Å². The number of carbonyl (C=O) groups is 2. The Morgan fingerprint density at radius 2 is 2.04 bits per heavy atom. The molecule has 0 aliphatic rings. The summed E-state index contributed by atoms with van der Waals surface area (Å²) in [6, 6.07) is 3.67. The molecule has 0 aliphatic heterocycles. The van der Waals surface area contributed by atoms with Crippen molar-refractivity contribution in [2.45, 2.75) is 40.0 Å². The number of pyridine rings is 1. The maximum atomic E-state index is 12.8. The molecule has 0 fully saturated rings. The van der Waals surface area contributed by atoms with Crippen LogP contribution < -0.4 is 4.74 Å². The van der Waals surface area contributed by atoms with Crippen LogP contribution in [0.5, 0.6) is 5.75 Å². The number of carbonyl (C=O) groups excluding carboxylic acids is 2. The number of methoxy groups -OCH3 is 1. The number of nitrogens with zero attached hydrogens (tertiary/aromatic N) is 2. The zero-order valence-electron chi connectivity index (χ0n) is 14.7. The van der Waals surface area contributed by atoms with E-state index in [4.69, 9.17) is 9.47 Å². The number of aryl methyl sites for hydroxylation is 1. The van der Waals surface area contributed by atoms with Crippen molar-refractivity contribution in [2.24, 2.45) is 5.92 Å². The Morgan fingerprint density at radius 1 is 1.29 bits per heavy atom. The molecule has 130 valence electrons. The van der Waals surface area contributed by atoms with Gasteiger partial charge in [-0.3, -0.25) is 14.0 Å². The Hall–Kier alpha value is -2.37. The molecule has 0 amide bonds. The van der Waals surface area contributed by atoms with Crippen molar-refractivity contribution < 1.29 is 19.1 Å². The lowest BCUT2D eigenvalue weighted by Crippen LogP contribution is -2.15. The molecule has 2 rings (SSSR count). The Morgan fingerprint density at radius 3 is 2.67 bits per heavy atom. The smallest absolute Gasteiger partial charge is 0.305 e. The zero-order chi connectivity index (χ0) is 17.7. The van der Waals surface area contributed by atoms with Gasteiger partial charge in [-0.2, -0.15) is 0 Å². The lowest BCUT2D eigenvalue weighted by atomic mass is 9.94. The molecule has 0 saturated heterocycles. The van der Waals surface area contributed by atoms with E-state index in [-0.39, 0.29) is 24.1 Å². The van der Waals surface area contributed by atoms with Gasteiger partial charge in [0.2, 0.25) is 0 Å². The van der Waals surface area contributed by atoms with Crippen LogP contribution in [0.2, 0.25) is 0 Å². The van der Waals surface area contributed by atoms with E-state index >= 15 is 0 Å². The summed E-state index contributed by atoms with van der Waals surface area (Å²) >= 11 is 0. The first kappa shape index (κ1) is 18.0. The van der Waals surface area contributed by atoms with Gasteiger partial charge in [0.15, 0.2) is 17.2 Å². The summed E-state index contributed by atoms with van der Waals surface area (Å²) < 4.78 is 12.1. The second kappa shape index (κ2) is 7.95. The van der Waals surface area contributed by atoms with Crippen LogP contribution in [0.25, 0.3) is 5.65 Å². The van der Waals surface area contributed by atoms with E-state index in [1.807, 2.05) is 39.1 Å². The number of esters is 1. The van der Waals surface area contributed by atoms with E-state index in [1.165, 1.54) is 7.11 Å². The minimum atomic E-state index is -0.289. The summed E-state index contributed by atoms with van der Waals surface area (Å²) in [7, 11) is 1.36. The van der Waals surface area contributed by atoms with Gasteiger partial charge in [-0.05, 0) is 31.9 Å². The predicted molar refractivity (Wildman–Crippen MR) is 90.5 cm³/mol. The minimum Gasteiger partial charge on any atom is -0.490 e. The lowest BCUT2D eigenvalue weighted by Gasteiger charge is -2.13. The molecule has 0 unspecified atom stereocenters. The second-order valence-electron chi connectivity index (χ2n) is 5.73. The van der Waals surface area contributed by atoms with Crippen LogP contribution in [0.1, 0.15) is 49.3 Å². The topological polar surface area (TPSA) is 69.9 Å². The fraction of sp³-hybridized carbons (Fsp3) is 0.500. The van der Waals surface area contributed by atoms with E-state index in [2.05, 4.69) is 4.98 Å². The maximum Gasteiger partial charge on any atom is 0.305 e. The number of fused-ring (bicyclic) bond motifs is 1. The number of hydrogen-bond donors (Lipinski definition) is 0. The van der Waals surface area contributed by atoms with Crippen LogP contribution >= 0.6 is 0 Å². The number of ether oxygens (including phenoxy) is 2. The minimum absolute atomic E-state index is 0.0237. The largest absolute Gasteiger partial charge is 0.490 e. The third kappa shape index (κ3) is 3.75. The van der Waals surface area contributed by atoms with Gasteiger partial charge >= 0.3 is 5.97 Å². The summed E-state index contributed by atoms with van der Waals surface area (Å²) in [5.74, 6) is 0.307. The van der Waals surface area contributed by atoms with Crippen molar-refractivity contribution in [1.82, 2.24) is 9.38 Å². The van der Waals surface area contributed by atoms with Crippen molar-refractivity contribution >= 4 is 17.4 Å². The van der Waals surface area contributed by atoms with Gasteiger partial charge in [0, 0.05) is 19.0 Å². The first-order valence-electron chi connectivity index (χ1n) is 8.22. The summed E-state index contributed by atoms with van der Waals surface area (Å²) in [6.07, 6.45) is 3.09. The second-order valence-corrected chi connectivity index (χ2v) is 5.73. The molecule has 0 saturated carbocycles. The number of ketones is 1. The van der Waals surface area contributed by atoms with Gasteiger partial charge in [-0.1, -0.05) is 13.3 Å². The molecule has 0 bridgehead atoms. The van der Waals surface area contributed by atoms with E-state index in [1.54, 1.807) is 4.40 Å². The van der Waals surface area contributed by atoms with Gasteiger partial charge < -0.3 is 9.47 Å². The maximum absolute atomic E-state index is 12.8. The Balaban J connectivity index is 2.30. The van der Waals surface area contributed by atoms with Crippen molar-refractivity contribution in [1.29, 1.82) is 0 Å². The highest BCUT2D eigenvalue weighted by Gasteiger charge is 2.23. The predicted octanol–water partition coefficient (Wildman–Crippen LogP) is 3.20. The Kier molecular flexibility index (Phi) is 5.95. The molecule has 0 spiro atoms. The van der Waals surface area contributed by atoms with Crippen LogP contribution in [0.15, 0.2) is 18.3 Å². The highest BCUT2D eigenvalue weighted by Crippen LogP contribution is 2.25. The molecule has 2 heterocycles. The highest BCUT2D eigenvalue weighted by atomic mass is 16.5. The number of rotatable bonds is 8. The third-order valence-corrected chi connectivity index (χ3v) is 4.09. The fourth-order valence-electron chi connectivity index (χ4n) is 2.80. The number of Topliss-reactive ketones (excluding diaryl/α,β-unsaturated/α-hetero) is 1. The molecule has 0 N–H and O–H groups in total. The monoisotopic (exact) mass is 332 g/mol. The van der Waals surface area contributed by atoms with Crippen LogP contribution in [0.3, 0.4) is 0 Å². The fourth-order valence-corrected chi connectivity index (χ4v) is 2.80. The average molecular weight is 332 g/mol. The highest BCUT2D eigenvalue weighted by molar-refractivity contribution is 5.97. The standard InChI is InChI=1S/C18H24N2O4/c1-5-13(11-16(22)23-4)10-14(21)17-12(3)19-18-15(24-6-2)8-7-9-20(17)18/h7-9,13H,5-6,10-11H2,1-4H3/t13-/m0/s1. The summed E-state index contributed by atoms with van der Waals surface area (Å²) in [4.78, 5) is 28.8. The average Bonchev–Trinajstić information content (AvgIpc) is 2.91. The van der Waals surface area contributed by atoms with E-state index < -0.39 is 0 Å². The Bertz CT molecular complexity index is 736. The van der Waals surface area contributed by atoms with Crippen molar-refractivity contribution in [3.63, 3.8) is 0 Å². The molecule has 2 aromatic heterocycles. The SMILES string of the molecule is CCOc1cccn2c(C(=O)C[C@H](CC)CC(=O)OC)c(C)nc12. The molecule has 0 aromatic carbocycles. The molecule has 6 nitrogen and oxygen atoms in total. The summed E-state index contributed by atoms with van der Waals surface area (Å²) in [5.41, 5.74) is 1.86. The molecular formula is C18H24N2O4. The quantitative estimate of drug-likeness (QED) is 0.548. The van der Waals surface area contributed by atoms with Crippen LogP contribution in [0, 0.1) is 12.8 Å². The molecular weight excluding hydrogens is 308 g/mol. The molecule has 2 aromatic rings. The van der Waals surface area contributed by atoms with Crippen molar-refractivity contribution in [2.75, 3.05) is 13.7 Å². The van der Waals surface area contributed by atoms with Gasteiger partial charge in [0.1, 0.15) is 5.69 Å². The van der Waals surface area contributed by atoms with Crippen molar-refractivity contribution in [3.8, 4) is 5.75 Å². The number of hydrogen-bond acceptors (Lipinski definition) is 5. The van der Waals surface area contributed by atoms with Gasteiger partial charge in [-0.15, -0.1) is 0 Å². The molecule has 0 aliphatic carbocycles. The number of imidazole rings is 1. The Labute approximate surface area is 141 Å². The van der Waals surface area contributed by atoms with E-state index in [9.17, 15) is 9.59 Å². The lowest BCUT2D eigenvalue weighted by molar-refractivity contribution is -0.141. The van der Waals surface area contributed by atoms with Gasteiger partial charge in [0.25, 0.3) is 0 Å². The molecule has 1 atom stereocenters. The van der Waals surface area contributed by atoms with Gasteiger partial charge in [0.05, 0.1) is 19.4 Å². The summed E-state index contributed by atoms with van der Waals surface area (Å²) in [6.45, 7) is 6.22. The zero-order valence-corrected chi connectivity index (χ0v) is 14.7. The molecule has 0 radical (unpaired) electrons. The first-order chi connectivity index (χ1) is 11.5. The number of aromatic nitrogens is 2. The first-order valence-corrected chi connectivity index (χ1v) is 8.22. The van der Waals surface area contributed by atoms with E-state index in [0.29, 0.717) is 35.8 Å². The normalized spacial score (nSPS) is 12.2. The molecule has 6 heteroatoms. The van der Waals surface area contributed by atoms with Crippen LogP contribution in [-0.2, 0) is 9.53 Å². The summed E-state index contributed by atoms with van der Waals surface area (Å²) in [5, 5.41) is 0.